The average Bonchev–Trinajstić information content (AvgIpc) is 3.10. The van der Waals surface area contributed by atoms with Gasteiger partial charge in [-0.3, -0.25) is 0 Å². The van der Waals surface area contributed by atoms with Gasteiger partial charge in [-0.15, -0.1) is 11.3 Å². The van der Waals surface area contributed by atoms with Crippen molar-refractivity contribution in [3.8, 4) is 17.2 Å². The fourth-order valence-electron chi connectivity index (χ4n) is 3.19. The maximum Gasteiger partial charge on any atom is 0.127 e. The topological polar surface area (TPSA) is 18.5 Å². The number of thiophene rings is 1. The maximum absolute atomic E-state index is 5.98. The fraction of sp³-hybridized carbons (Fsp3) is 0.333. The van der Waals surface area contributed by atoms with Gasteiger partial charge in [-0.2, -0.15) is 0 Å². The quantitative estimate of drug-likeness (QED) is 0.413. The summed E-state index contributed by atoms with van der Waals surface area (Å²) in [7, 11) is 1.67. The second-order valence-electron chi connectivity index (χ2n) is 7.65. The number of methoxy groups -OCH3 is 1. The molecular formula is C24H28O2S. The molecule has 2 aromatic carbocycles. The van der Waals surface area contributed by atoms with Crippen LogP contribution in [0, 0.1) is 6.92 Å². The highest BCUT2D eigenvalue weighted by Crippen LogP contribution is 2.34. The number of benzene rings is 2. The van der Waals surface area contributed by atoms with Crippen molar-refractivity contribution in [3.05, 3.63) is 76.0 Å². The molecule has 3 aromatic rings. The molecule has 0 aliphatic heterocycles. The average molecular weight is 381 g/mol. The summed E-state index contributed by atoms with van der Waals surface area (Å²) < 4.78 is 11.2. The standard InChI is InChI=1S/C24H28O2S/c1-18-15-23(27-17-18)24(2,3)14-6-8-19-7-5-9-22(16-19)26-21-12-10-20(25-4)11-13-21/h5,7,9-13,15-17H,6,8,14H2,1-4H3. The van der Waals surface area contributed by atoms with E-state index in [-0.39, 0.29) is 5.41 Å². The van der Waals surface area contributed by atoms with Gasteiger partial charge in [0.25, 0.3) is 0 Å². The molecule has 27 heavy (non-hydrogen) atoms. The van der Waals surface area contributed by atoms with Gasteiger partial charge in [-0.1, -0.05) is 26.0 Å². The zero-order valence-corrected chi connectivity index (χ0v) is 17.4. The minimum absolute atomic E-state index is 0.232. The Morgan fingerprint density at radius 1 is 0.926 bits per heavy atom. The molecule has 0 bridgehead atoms. The van der Waals surface area contributed by atoms with E-state index in [4.69, 9.17) is 9.47 Å². The van der Waals surface area contributed by atoms with Crippen LogP contribution in [-0.2, 0) is 11.8 Å². The first-order chi connectivity index (χ1) is 13.0. The first kappa shape index (κ1) is 19.5. The highest BCUT2D eigenvalue weighted by Gasteiger charge is 2.21. The van der Waals surface area contributed by atoms with Gasteiger partial charge in [0.05, 0.1) is 7.11 Å². The normalized spacial score (nSPS) is 11.4. The van der Waals surface area contributed by atoms with Crippen molar-refractivity contribution in [1.82, 2.24) is 0 Å². The summed E-state index contributed by atoms with van der Waals surface area (Å²) in [5.74, 6) is 2.53. The van der Waals surface area contributed by atoms with Crippen molar-refractivity contribution in [1.29, 1.82) is 0 Å². The van der Waals surface area contributed by atoms with Crippen LogP contribution in [0.2, 0.25) is 0 Å². The summed E-state index contributed by atoms with van der Waals surface area (Å²) in [5.41, 5.74) is 2.92. The molecular weight excluding hydrogens is 352 g/mol. The summed E-state index contributed by atoms with van der Waals surface area (Å²) in [6.07, 6.45) is 3.40. The molecule has 0 radical (unpaired) electrons. The molecule has 0 aliphatic carbocycles. The summed E-state index contributed by atoms with van der Waals surface area (Å²) >= 11 is 1.88. The summed E-state index contributed by atoms with van der Waals surface area (Å²) in [5, 5.41) is 2.25. The van der Waals surface area contributed by atoms with E-state index in [0.29, 0.717) is 0 Å². The summed E-state index contributed by atoms with van der Waals surface area (Å²) in [6.45, 7) is 6.87. The lowest BCUT2D eigenvalue weighted by Crippen LogP contribution is -2.15. The SMILES string of the molecule is COc1ccc(Oc2cccc(CCCC(C)(C)c3cc(C)cs3)c2)cc1. The summed E-state index contributed by atoms with van der Waals surface area (Å²) in [4.78, 5) is 1.48. The Kier molecular flexibility index (Phi) is 6.22. The van der Waals surface area contributed by atoms with Crippen molar-refractivity contribution in [2.75, 3.05) is 7.11 Å². The third-order valence-corrected chi connectivity index (χ3v) is 6.27. The third kappa shape index (κ3) is 5.36. The molecule has 0 unspecified atom stereocenters. The van der Waals surface area contributed by atoms with E-state index in [1.54, 1.807) is 7.11 Å². The number of hydrogen-bond acceptors (Lipinski definition) is 3. The van der Waals surface area contributed by atoms with Crippen LogP contribution in [0.25, 0.3) is 0 Å². The second-order valence-corrected chi connectivity index (χ2v) is 8.56. The Bertz CT molecular complexity index is 862. The van der Waals surface area contributed by atoms with E-state index < -0.39 is 0 Å². The molecule has 0 N–H and O–H groups in total. The minimum Gasteiger partial charge on any atom is -0.497 e. The van der Waals surface area contributed by atoms with Crippen molar-refractivity contribution >= 4 is 11.3 Å². The molecule has 2 nitrogen and oxygen atoms in total. The molecule has 0 spiro atoms. The lowest BCUT2D eigenvalue weighted by atomic mass is 9.85. The predicted molar refractivity (Wildman–Crippen MR) is 115 cm³/mol. The molecule has 3 rings (SSSR count). The monoisotopic (exact) mass is 380 g/mol. The first-order valence-electron chi connectivity index (χ1n) is 9.43. The fourth-order valence-corrected chi connectivity index (χ4v) is 4.24. The summed E-state index contributed by atoms with van der Waals surface area (Å²) in [6, 6.07) is 18.4. The number of ether oxygens (including phenoxy) is 2. The van der Waals surface area contributed by atoms with Crippen LogP contribution >= 0.6 is 11.3 Å². The Balaban J connectivity index is 1.57. The first-order valence-corrected chi connectivity index (χ1v) is 10.3. The molecule has 0 saturated carbocycles. The maximum atomic E-state index is 5.98. The van der Waals surface area contributed by atoms with E-state index in [0.717, 1.165) is 30.1 Å². The largest absolute Gasteiger partial charge is 0.497 e. The Labute approximate surface area is 166 Å². The van der Waals surface area contributed by atoms with Gasteiger partial charge < -0.3 is 9.47 Å². The van der Waals surface area contributed by atoms with Crippen LogP contribution < -0.4 is 9.47 Å². The number of aryl methyl sites for hydroxylation is 2. The van der Waals surface area contributed by atoms with Crippen LogP contribution in [0.4, 0.5) is 0 Å². The van der Waals surface area contributed by atoms with Gasteiger partial charge >= 0.3 is 0 Å². The molecule has 0 saturated heterocycles. The lowest BCUT2D eigenvalue weighted by molar-refractivity contribution is 0.413. The van der Waals surface area contributed by atoms with Crippen LogP contribution in [0.5, 0.6) is 17.2 Å². The van der Waals surface area contributed by atoms with E-state index in [2.05, 4.69) is 50.4 Å². The Morgan fingerprint density at radius 2 is 1.67 bits per heavy atom. The van der Waals surface area contributed by atoms with Crippen LogP contribution in [0.15, 0.2) is 60.0 Å². The van der Waals surface area contributed by atoms with Gasteiger partial charge in [0.2, 0.25) is 0 Å². The molecule has 0 amide bonds. The zero-order chi connectivity index (χ0) is 19.3. The lowest BCUT2D eigenvalue weighted by Gasteiger charge is -2.23. The van der Waals surface area contributed by atoms with Gasteiger partial charge in [0.1, 0.15) is 17.2 Å². The van der Waals surface area contributed by atoms with Crippen LogP contribution in [-0.4, -0.2) is 7.11 Å². The van der Waals surface area contributed by atoms with Crippen molar-refractivity contribution in [3.63, 3.8) is 0 Å². The van der Waals surface area contributed by atoms with Gasteiger partial charge in [0, 0.05) is 4.88 Å². The number of rotatable bonds is 8. The third-order valence-electron chi connectivity index (χ3n) is 4.86. The van der Waals surface area contributed by atoms with Crippen molar-refractivity contribution in [2.24, 2.45) is 0 Å². The number of hydrogen-bond donors (Lipinski definition) is 0. The highest BCUT2D eigenvalue weighted by atomic mass is 32.1. The molecule has 142 valence electrons. The Morgan fingerprint density at radius 3 is 2.33 bits per heavy atom. The van der Waals surface area contributed by atoms with Gasteiger partial charge in [0.15, 0.2) is 0 Å². The minimum atomic E-state index is 0.232. The predicted octanol–water partition coefficient (Wildman–Crippen LogP) is 7.16. The molecule has 0 fully saturated rings. The highest BCUT2D eigenvalue weighted by molar-refractivity contribution is 7.10. The van der Waals surface area contributed by atoms with Gasteiger partial charge in [-0.05, 0) is 90.6 Å². The molecule has 0 aliphatic rings. The van der Waals surface area contributed by atoms with Crippen LogP contribution in [0.3, 0.4) is 0 Å². The molecule has 0 atom stereocenters. The molecule has 3 heteroatoms. The second kappa shape index (κ2) is 8.62. The molecule has 1 aromatic heterocycles. The van der Waals surface area contributed by atoms with Gasteiger partial charge in [-0.25, -0.2) is 0 Å². The van der Waals surface area contributed by atoms with Crippen molar-refractivity contribution in [2.45, 2.75) is 45.4 Å². The van der Waals surface area contributed by atoms with E-state index in [9.17, 15) is 0 Å². The van der Waals surface area contributed by atoms with E-state index >= 15 is 0 Å². The smallest absolute Gasteiger partial charge is 0.127 e. The van der Waals surface area contributed by atoms with E-state index in [1.165, 1.54) is 22.4 Å². The van der Waals surface area contributed by atoms with Crippen molar-refractivity contribution < 1.29 is 9.47 Å². The Hall–Kier alpha value is -2.26. The van der Waals surface area contributed by atoms with Crippen LogP contribution in [0.1, 0.15) is 42.7 Å². The molecule has 1 heterocycles. The zero-order valence-electron chi connectivity index (χ0n) is 16.6. The van der Waals surface area contributed by atoms with E-state index in [1.807, 2.05) is 41.7 Å².